The standard InChI is InChI=1S/C19H23N3O6/c1-11(2)16(19(27)28-10-15(24)21(4)9-14(23)20-3)22-17(25)12-7-5-6-8-13(12)18(22)26/h5-8,11,16H,9-10H2,1-4H3,(H,20,23)/t16-/m1/s1. The van der Waals surface area contributed by atoms with Crippen molar-refractivity contribution in [3.05, 3.63) is 35.4 Å². The summed E-state index contributed by atoms with van der Waals surface area (Å²) in [5.41, 5.74) is 0.458. The number of imide groups is 1. The van der Waals surface area contributed by atoms with Gasteiger partial charge < -0.3 is 15.0 Å². The highest BCUT2D eigenvalue weighted by Gasteiger charge is 2.44. The van der Waals surface area contributed by atoms with Crippen molar-refractivity contribution in [1.29, 1.82) is 0 Å². The first-order valence-electron chi connectivity index (χ1n) is 8.77. The van der Waals surface area contributed by atoms with Crippen molar-refractivity contribution in [2.75, 3.05) is 27.2 Å². The molecule has 0 saturated carbocycles. The molecule has 28 heavy (non-hydrogen) atoms. The van der Waals surface area contributed by atoms with Gasteiger partial charge in [-0.1, -0.05) is 26.0 Å². The number of carbonyl (C=O) groups is 5. The quantitative estimate of drug-likeness (QED) is 0.521. The maximum atomic E-state index is 12.6. The second-order valence-corrected chi connectivity index (χ2v) is 6.75. The molecule has 0 spiro atoms. The van der Waals surface area contributed by atoms with Crippen LogP contribution in [0.25, 0.3) is 0 Å². The van der Waals surface area contributed by atoms with E-state index in [0.717, 1.165) is 9.80 Å². The van der Waals surface area contributed by atoms with E-state index in [0.29, 0.717) is 0 Å². The molecule has 1 aliphatic rings. The zero-order valence-corrected chi connectivity index (χ0v) is 16.2. The third kappa shape index (κ3) is 4.19. The number of esters is 1. The maximum Gasteiger partial charge on any atom is 0.330 e. The fourth-order valence-electron chi connectivity index (χ4n) is 2.85. The first-order chi connectivity index (χ1) is 13.2. The van der Waals surface area contributed by atoms with Gasteiger partial charge in [0.25, 0.3) is 17.7 Å². The summed E-state index contributed by atoms with van der Waals surface area (Å²) in [6.45, 7) is 2.57. The number of ether oxygens (including phenoxy) is 1. The van der Waals surface area contributed by atoms with E-state index in [4.69, 9.17) is 4.74 Å². The van der Waals surface area contributed by atoms with Gasteiger partial charge in [0.15, 0.2) is 6.61 Å². The number of hydrogen-bond acceptors (Lipinski definition) is 6. The lowest BCUT2D eigenvalue weighted by atomic mass is 10.0. The number of benzene rings is 1. The summed E-state index contributed by atoms with van der Waals surface area (Å²) in [6, 6.07) is 5.16. The van der Waals surface area contributed by atoms with Crippen LogP contribution in [-0.2, 0) is 19.1 Å². The van der Waals surface area contributed by atoms with E-state index in [1.165, 1.54) is 26.2 Å². The van der Waals surface area contributed by atoms with Gasteiger partial charge in [0.1, 0.15) is 6.04 Å². The van der Waals surface area contributed by atoms with Gasteiger partial charge in [0.05, 0.1) is 17.7 Å². The molecule has 1 N–H and O–H groups in total. The summed E-state index contributed by atoms with van der Waals surface area (Å²) < 4.78 is 5.06. The predicted octanol–water partition coefficient (Wildman–Crippen LogP) is 0.0548. The Morgan fingerprint density at radius 2 is 1.64 bits per heavy atom. The van der Waals surface area contributed by atoms with Gasteiger partial charge in [0.2, 0.25) is 5.91 Å². The minimum absolute atomic E-state index is 0.182. The summed E-state index contributed by atoms with van der Waals surface area (Å²) in [5.74, 6) is -3.37. The van der Waals surface area contributed by atoms with Crippen LogP contribution in [0.4, 0.5) is 0 Å². The molecule has 1 atom stereocenters. The Labute approximate surface area is 162 Å². The van der Waals surface area contributed by atoms with Gasteiger partial charge in [-0.05, 0) is 18.1 Å². The van der Waals surface area contributed by atoms with Crippen LogP contribution in [0, 0.1) is 5.92 Å². The monoisotopic (exact) mass is 389 g/mol. The predicted molar refractivity (Wildman–Crippen MR) is 98.2 cm³/mol. The van der Waals surface area contributed by atoms with Crippen molar-refractivity contribution in [3.63, 3.8) is 0 Å². The molecule has 9 nitrogen and oxygen atoms in total. The number of amides is 4. The van der Waals surface area contributed by atoms with Crippen LogP contribution in [0.5, 0.6) is 0 Å². The smallest absolute Gasteiger partial charge is 0.330 e. The van der Waals surface area contributed by atoms with Crippen LogP contribution in [0.3, 0.4) is 0 Å². The molecular weight excluding hydrogens is 366 g/mol. The number of nitrogens with zero attached hydrogens (tertiary/aromatic N) is 2. The van der Waals surface area contributed by atoms with Crippen LogP contribution >= 0.6 is 0 Å². The Balaban J connectivity index is 2.10. The van der Waals surface area contributed by atoms with E-state index in [-0.39, 0.29) is 23.6 Å². The van der Waals surface area contributed by atoms with E-state index in [2.05, 4.69) is 5.32 Å². The minimum Gasteiger partial charge on any atom is -0.454 e. The van der Waals surface area contributed by atoms with Gasteiger partial charge in [-0.15, -0.1) is 0 Å². The Hall–Kier alpha value is -3.23. The van der Waals surface area contributed by atoms with Gasteiger partial charge in [-0.3, -0.25) is 24.1 Å². The fraction of sp³-hybridized carbons (Fsp3) is 0.421. The normalized spacial score (nSPS) is 14.0. The summed E-state index contributed by atoms with van der Waals surface area (Å²) >= 11 is 0. The Morgan fingerprint density at radius 3 is 2.11 bits per heavy atom. The molecule has 0 aromatic heterocycles. The largest absolute Gasteiger partial charge is 0.454 e. The minimum atomic E-state index is -1.16. The van der Waals surface area contributed by atoms with E-state index in [1.54, 1.807) is 26.0 Å². The van der Waals surface area contributed by atoms with E-state index in [9.17, 15) is 24.0 Å². The molecule has 0 saturated heterocycles. The van der Waals surface area contributed by atoms with Crippen molar-refractivity contribution < 1.29 is 28.7 Å². The molecule has 1 aromatic rings. The molecule has 0 bridgehead atoms. The number of rotatable bonds is 7. The van der Waals surface area contributed by atoms with Crippen LogP contribution in [0.1, 0.15) is 34.6 Å². The lowest BCUT2D eigenvalue weighted by molar-refractivity contribution is -0.156. The zero-order valence-electron chi connectivity index (χ0n) is 16.2. The second-order valence-electron chi connectivity index (χ2n) is 6.75. The van der Waals surface area contributed by atoms with E-state index in [1.807, 2.05) is 0 Å². The number of hydrogen-bond donors (Lipinski definition) is 1. The Kier molecular flexibility index (Phi) is 6.50. The molecule has 4 amide bonds. The van der Waals surface area contributed by atoms with Crippen LogP contribution in [-0.4, -0.2) is 72.7 Å². The highest BCUT2D eigenvalue weighted by atomic mass is 16.5. The highest BCUT2D eigenvalue weighted by Crippen LogP contribution is 2.27. The number of carbonyl (C=O) groups excluding carboxylic acids is 5. The average Bonchev–Trinajstić information content (AvgIpc) is 2.91. The third-order valence-corrected chi connectivity index (χ3v) is 4.40. The van der Waals surface area contributed by atoms with Gasteiger partial charge >= 0.3 is 5.97 Å². The first kappa shape index (κ1) is 21.1. The van der Waals surface area contributed by atoms with Crippen molar-refractivity contribution >= 4 is 29.6 Å². The second kappa shape index (κ2) is 8.64. The van der Waals surface area contributed by atoms with Gasteiger partial charge in [-0.25, -0.2) is 4.79 Å². The Morgan fingerprint density at radius 1 is 1.11 bits per heavy atom. The van der Waals surface area contributed by atoms with Crippen molar-refractivity contribution in [1.82, 2.24) is 15.1 Å². The molecule has 0 unspecified atom stereocenters. The fourth-order valence-corrected chi connectivity index (χ4v) is 2.85. The molecule has 2 rings (SSSR count). The zero-order chi connectivity index (χ0) is 21.0. The molecule has 0 fully saturated rings. The van der Waals surface area contributed by atoms with Crippen LogP contribution in [0.2, 0.25) is 0 Å². The highest BCUT2D eigenvalue weighted by molar-refractivity contribution is 6.22. The molecule has 1 heterocycles. The average molecular weight is 389 g/mol. The molecule has 1 aliphatic heterocycles. The van der Waals surface area contributed by atoms with Gasteiger partial charge in [-0.2, -0.15) is 0 Å². The number of nitrogens with one attached hydrogen (secondary N) is 1. The summed E-state index contributed by atoms with van der Waals surface area (Å²) in [7, 11) is 2.84. The molecule has 0 radical (unpaired) electrons. The molecule has 150 valence electrons. The molecule has 9 heteroatoms. The topological polar surface area (TPSA) is 113 Å². The van der Waals surface area contributed by atoms with Crippen LogP contribution in [0.15, 0.2) is 24.3 Å². The van der Waals surface area contributed by atoms with Crippen LogP contribution < -0.4 is 5.32 Å². The van der Waals surface area contributed by atoms with E-state index < -0.39 is 42.3 Å². The maximum absolute atomic E-state index is 12.6. The first-order valence-corrected chi connectivity index (χ1v) is 8.77. The number of fused-ring (bicyclic) bond motifs is 1. The lowest BCUT2D eigenvalue weighted by Gasteiger charge is -2.27. The summed E-state index contributed by atoms with van der Waals surface area (Å²) in [4.78, 5) is 63.2. The van der Waals surface area contributed by atoms with Crippen molar-refractivity contribution in [2.45, 2.75) is 19.9 Å². The molecule has 0 aliphatic carbocycles. The van der Waals surface area contributed by atoms with E-state index >= 15 is 0 Å². The van der Waals surface area contributed by atoms with Crippen molar-refractivity contribution in [2.24, 2.45) is 5.92 Å². The molecular formula is C19H23N3O6. The Bertz CT molecular complexity index is 785. The van der Waals surface area contributed by atoms with Crippen molar-refractivity contribution in [3.8, 4) is 0 Å². The molecule has 1 aromatic carbocycles. The lowest BCUT2D eigenvalue weighted by Crippen LogP contribution is -2.49. The SMILES string of the molecule is CNC(=O)CN(C)C(=O)COC(=O)[C@@H](C(C)C)N1C(=O)c2ccccc2C1=O. The summed E-state index contributed by atoms with van der Waals surface area (Å²) in [5, 5.41) is 2.38. The third-order valence-electron chi connectivity index (χ3n) is 4.40. The summed E-state index contributed by atoms with van der Waals surface area (Å²) in [6.07, 6.45) is 0. The van der Waals surface area contributed by atoms with Gasteiger partial charge in [0, 0.05) is 14.1 Å². The number of likely N-dealkylation sites (N-methyl/N-ethyl adjacent to an activating group) is 2.